The summed E-state index contributed by atoms with van der Waals surface area (Å²) in [6, 6.07) is 57.9. The molecule has 0 amide bonds. The Kier molecular flexibility index (Phi) is 9.65. The van der Waals surface area contributed by atoms with Crippen LogP contribution >= 0.6 is 0 Å². The second-order valence-electron chi connectivity index (χ2n) is 13.4. The molecule has 1 fully saturated rings. The highest BCUT2D eigenvalue weighted by Gasteiger charge is 2.39. The highest BCUT2D eigenvalue weighted by atomic mass is 15.8. The van der Waals surface area contributed by atoms with Gasteiger partial charge in [-0.05, 0) is 61.5 Å². The third kappa shape index (κ3) is 7.38. The molecule has 0 aliphatic carbocycles. The van der Waals surface area contributed by atoms with Crippen LogP contribution in [0.1, 0.15) is 45.6 Å². The lowest BCUT2D eigenvalue weighted by Gasteiger charge is -2.19. The van der Waals surface area contributed by atoms with Gasteiger partial charge >= 0.3 is 0 Å². The first-order valence-corrected chi connectivity index (χ1v) is 18.0. The van der Waals surface area contributed by atoms with E-state index >= 15 is 0 Å². The summed E-state index contributed by atoms with van der Waals surface area (Å²) in [5, 5.41) is 8.99. The van der Waals surface area contributed by atoms with Crippen molar-refractivity contribution in [1.29, 1.82) is 0 Å². The molecule has 7 aromatic rings. The standard InChI is InChI=1S/C47H42N6/c48-43(35-15-3-1-4-16-35)30-46(37-17-5-2-6-18-37)52-32-53(52)47(50)38-27-25-36(26-28-38)45(51-31-39-21-11-19-33-13-7-9-22-40(33)39)29-44(49)42-24-12-20-34-14-8-10-23-41(34)42/h1-30,43,47H,31-32,48-50H2/b44-29-,46-30-,51-45?. The van der Waals surface area contributed by atoms with Crippen LogP contribution in [-0.4, -0.2) is 22.4 Å². The molecule has 8 rings (SSSR count). The number of nitrogens with zero attached hydrogens (tertiary/aromatic N) is 3. The third-order valence-electron chi connectivity index (χ3n) is 9.94. The average Bonchev–Trinajstić information content (AvgIpc) is 4.02. The number of aliphatic imine (C=N–C) groups is 1. The molecule has 1 heterocycles. The van der Waals surface area contributed by atoms with Crippen LogP contribution in [0, 0.1) is 0 Å². The van der Waals surface area contributed by atoms with E-state index in [1.165, 1.54) is 10.8 Å². The molecule has 1 saturated heterocycles. The Morgan fingerprint density at radius 2 is 1.21 bits per heavy atom. The Bertz CT molecular complexity index is 2440. The normalized spacial score (nSPS) is 16.2. The van der Waals surface area contributed by atoms with Gasteiger partial charge < -0.3 is 17.2 Å². The van der Waals surface area contributed by atoms with Crippen LogP contribution in [-0.2, 0) is 6.54 Å². The molecule has 0 aromatic heterocycles. The Hall–Kier alpha value is -6.31. The molecule has 6 heteroatoms. The van der Waals surface area contributed by atoms with E-state index < -0.39 is 0 Å². The summed E-state index contributed by atoms with van der Waals surface area (Å²) in [5.74, 6) is 0. The zero-order valence-corrected chi connectivity index (χ0v) is 29.5. The van der Waals surface area contributed by atoms with Crippen molar-refractivity contribution in [2.45, 2.75) is 18.8 Å². The summed E-state index contributed by atoms with van der Waals surface area (Å²) < 4.78 is 0. The Morgan fingerprint density at radius 1 is 0.604 bits per heavy atom. The zero-order chi connectivity index (χ0) is 36.1. The summed E-state index contributed by atoms with van der Waals surface area (Å²) in [6.45, 7) is 1.20. The van der Waals surface area contributed by atoms with Crippen molar-refractivity contribution in [3.05, 3.63) is 215 Å². The fourth-order valence-corrected chi connectivity index (χ4v) is 6.99. The van der Waals surface area contributed by atoms with Gasteiger partial charge in [-0.25, -0.2) is 0 Å². The maximum Gasteiger partial charge on any atom is 0.107 e. The molecule has 0 saturated carbocycles. The smallest absolute Gasteiger partial charge is 0.107 e. The summed E-state index contributed by atoms with van der Waals surface area (Å²) in [4.78, 5) is 5.19. The van der Waals surface area contributed by atoms with E-state index in [1.807, 2.05) is 60.7 Å². The second kappa shape index (κ2) is 15.1. The molecule has 1 aliphatic heterocycles. The molecule has 6 nitrogen and oxygen atoms in total. The predicted molar refractivity (Wildman–Crippen MR) is 220 cm³/mol. The number of hydrogen-bond donors (Lipinski definition) is 3. The first-order valence-electron chi connectivity index (χ1n) is 18.0. The lowest BCUT2D eigenvalue weighted by Crippen LogP contribution is -2.23. The minimum atomic E-state index is -0.350. The van der Waals surface area contributed by atoms with Crippen LogP contribution < -0.4 is 17.2 Å². The fraction of sp³-hybridized carbons (Fsp3) is 0.0851. The molecule has 0 radical (unpaired) electrons. The number of hydrazine groups is 1. The Labute approximate surface area is 310 Å². The predicted octanol–water partition coefficient (Wildman–Crippen LogP) is 9.17. The van der Waals surface area contributed by atoms with Gasteiger partial charge in [0.05, 0.1) is 24.0 Å². The largest absolute Gasteiger partial charge is 0.398 e. The molecule has 53 heavy (non-hydrogen) atoms. The molecular formula is C47H42N6. The van der Waals surface area contributed by atoms with Crippen molar-refractivity contribution in [3.8, 4) is 0 Å². The maximum absolute atomic E-state index is 6.94. The lowest BCUT2D eigenvalue weighted by atomic mass is 9.99. The highest BCUT2D eigenvalue weighted by molar-refractivity contribution is 6.13. The van der Waals surface area contributed by atoms with Crippen LogP contribution in [0.15, 0.2) is 187 Å². The molecule has 3 unspecified atom stereocenters. The van der Waals surface area contributed by atoms with Gasteiger partial charge in [0.15, 0.2) is 0 Å². The van der Waals surface area contributed by atoms with E-state index in [2.05, 4.69) is 131 Å². The van der Waals surface area contributed by atoms with Crippen molar-refractivity contribution in [3.63, 3.8) is 0 Å². The quantitative estimate of drug-likeness (QED) is 0.0930. The van der Waals surface area contributed by atoms with Gasteiger partial charge in [-0.1, -0.05) is 170 Å². The molecular weight excluding hydrogens is 649 g/mol. The molecule has 7 aromatic carbocycles. The molecule has 1 aliphatic rings. The van der Waals surface area contributed by atoms with E-state index in [4.69, 9.17) is 22.2 Å². The summed E-state index contributed by atoms with van der Waals surface area (Å²) in [6.07, 6.45) is 3.77. The average molecular weight is 691 g/mol. The molecule has 3 atom stereocenters. The van der Waals surface area contributed by atoms with Gasteiger partial charge in [0.2, 0.25) is 0 Å². The van der Waals surface area contributed by atoms with Gasteiger partial charge in [-0.15, -0.1) is 0 Å². The van der Waals surface area contributed by atoms with E-state index in [0.717, 1.165) is 55.6 Å². The van der Waals surface area contributed by atoms with E-state index in [9.17, 15) is 0 Å². The van der Waals surface area contributed by atoms with Crippen LogP contribution in [0.5, 0.6) is 0 Å². The summed E-state index contributed by atoms with van der Waals surface area (Å²) in [5.41, 5.74) is 29.3. The number of benzene rings is 7. The van der Waals surface area contributed by atoms with Gasteiger partial charge in [0.25, 0.3) is 0 Å². The summed E-state index contributed by atoms with van der Waals surface area (Å²) in [7, 11) is 0. The van der Waals surface area contributed by atoms with E-state index in [-0.39, 0.29) is 12.2 Å². The van der Waals surface area contributed by atoms with Crippen molar-refractivity contribution >= 4 is 38.7 Å². The highest BCUT2D eigenvalue weighted by Crippen LogP contribution is 2.37. The second-order valence-corrected chi connectivity index (χ2v) is 13.4. The molecule has 6 N–H and O–H groups in total. The number of fused-ring (bicyclic) bond motifs is 2. The minimum Gasteiger partial charge on any atom is -0.398 e. The van der Waals surface area contributed by atoms with Crippen LogP contribution in [0.2, 0.25) is 0 Å². The van der Waals surface area contributed by atoms with E-state index in [1.54, 1.807) is 0 Å². The number of nitrogens with two attached hydrogens (primary N) is 3. The van der Waals surface area contributed by atoms with Crippen molar-refractivity contribution in [2.75, 3.05) is 6.67 Å². The molecule has 0 spiro atoms. The Balaban J connectivity index is 1.09. The number of rotatable bonds is 11. The van der Waals surface area contributed by atoms with Gasteiger partial charge in [-0.2, -0.15) is 5.01 Å². The van der Waals surface area contributed by atoms with E-state index in [0.29, 0.717) is 18.9 Å². The first-order chi connectivity index (χ1) is 26.0. The number of allylic oxidation sites excluding steroid dienone is 1. The SMILES string of the molecule is N/C(=C\C(=NCc1cccc2ccccc12)c1ccc(C(N)N2CN2/C(=C\C(N)c2ccccc2)c2ccccc2)cc1)c1cccc2ccccc12. The summed E-state index contributed by atoms with van der Waals surface area (Å²) >= 11 is 0. The number of hydrogen-bond acceptors (Lipinski definition) is 6. The molecule has 260 valence electrons. The van der Waals surface area contributed by atoms with Crippen molar-refractivity contribution < 1.29 is 0 Å². The first kappa shape index (κ1) is 33.8. The molecule has 0 bridgehead atoms. The van der Waals surface area contributed by atoms with Gasteiger partial charge in [0.1, 0.15) is 12.8 Å². The van der Waals surface area contributed by atoms with Crippen LogP contribution in [0.25, 0.3) is 32.9 Å². The monoisotopic (exact) mass is 690 g/mol. The van der Waals surface area contributed by atoms with Crippen molar-refractivity contribution in [2.24, 2.45) is 22.2 Å². The van der Waals surface area contributed by atoms with Crippen LogP contribution in [0.4, 0.5) is 0 Å². The zero-order valence-electron chi connectivity index (χ0n) is 29.5. The Morgan fingerprint density at radius 3 is 1.94 bits per heavy atom. The third-order valence-corrected chi connectivity index (χ3v) is 9.94. The lowest BCUT2D eigenvalue weighted by molar-refractivity contribution is 0.302. The maximum atomic E-state index is 6.94. The van der Waals surface area contributed by atoms with Crippen LogP contribution in [0.3, 0.4) is 0 Å². The van der Waals surface area contributed by atoms with Gasteiger partial charge in [-0.3, -0.25) is 10.0 Å². The minimum absolute atomic E-state index is 0.259. The topological polar surface area (TPSA) is 96.4 Å². The van der Waals surface area contributed by atoms with Gasteiger partial charge in [0, 0.05) is 11.3 Å². The van der Waals surface area contributed by atoms with Crippen molar-refractivity contribution in [1.82, 2.24) is 10.0 Å². The fourth-order valence-electron chi connectivity index (χ4n) is 6.99.